The summed E-state index contributed by atoms with van der Waals surface area (Å²) in [6, 6.07) is 6.09. The van der Waals surface area contributed by atoms with Crippen LogP contribution < -0.4 is 10.1 Å². The Labute approximate surface area is 81.1 Å². The fourth-order valence-electron chi connectivity index (χ4n) is 1.19. The first-order valence-corrected chi connectivity index (χ1v) is 4.36. The molecule has 1 aromatic carbocycles. The third-order valence-electron chi connectivity index (χ3n) is 2.10. The molecule has 0 aliphatic carbocycles. The summed E-state index contributed by atoms with van der Waals surface area (Å²) in [7, 11) is 0. The van der Waals surface area contributed by atoms with Gasteiger partial charge in [0, 0.05) is 13.1 Å². The quantitative estimate of drug-likeness (QED) is 0.761. The van der Waals surface area contributed by atoms with Gasteiger partial charge in [0.1, 0.15) is 6.10 Å². The van der Waals surface area contributed by atoms with Crippen LogP contribution in [0.15, 0.2) is 18.2 Å². The molecular weight excluding hydrogens is 183 g/mol. The molecule has 2 rings (SSSR count). The summed E-state index contributed by atoms with van der Waals surface area (Å²) < 4.78 is 18.6. The number of benzene rings is 1. The lowest BCUT2D eigenvalue weighted by Crippen LogP contribution is -2.50. The molecule has 1 aromatic rings. The van der Waals surface area contributed by atoms with Crippen LogP contribution in [0, 0.1) is 17.1 Å². The number of rotatable bonds is 2. The summed E-state index contributed by atoms with van der Waals surface area (Å²) >= 11 is 0. The highest BCUT2D eigenvalue weighted by Crippen LogP contribution is 2.20. The molecule has 3 nitrogen and oxygen atoms in total. The van der Waals surface area contributed by atoms with E-state index in [0.717, 1.165) is 13.1 Å². The molecule has 72 valence electrons. The van der Waals surface area contributed by atoms with Crippen molar-refractivity contribution in [1.29, 1.82) is 5.26 Å². The molecule has 1 aliphatic heterocycles. The van der Waals surface area contributed by atoms with Crippen molar-refractivity contribution in [2.75, 3.05) is 13.1 Å². The van der Waals surface area contributed by atoms with Gasteiger partial charge in [0.05, 0.1) is 11.6 Å². The summed E-state index contributed by atoms with van der Waals surface area (Å²) in [6.45, 7) is 1.50. The molecule has 0 aromatic heterocycles. The van der Waals surface area contributed by atoms with Gasteiger partial charge in [-0.1, -0.05) is 0 Å². The first kappa shape index (κ1) is 8.97. The van der Waals surface area contributed by atoms with E-state index in [9.17, 15) is 4.39 Å². The Morgan fingerprint density at radius 3 is 2.79 bits per heavy atom. The van der Waals surface area contributed by atoms with Crippen molar-refractivity contribution in [1.82, 2.24) is 5.32 Å². The van der Waals surface area contributed by atoms with E-state index in [0.29, 0.717) is 5.56 Å². The van der Waals surface area contributed by atoms with Gasteiger partial charge in [0.15, 0.2) is 11.6 Å². The summed E-state index contributed by atoms with van der Waals surface area (Å²) in [5, 5.41) is 11.5. The number of ether oxygens (including phenoxy) is 1. The standard InChI is InChI=1S/C10H9FN2O/c11-9-3-7(4-12)1-2-10(9)14-8-5-13-6-8/h1-3,8,13H,5-6H2. The fraction of sp³-hybridized carbons (Fsp3) is 0.300. The third-order valence-corrected chi connectivity index (χ3v) is 2.10. The summed E-state index contributed by atoms with van der Waals surface area (Å²) in [4.78, 5) is 0. The largest absolute Gasteiger partial charge is 0.485 e. The average Bonchev–Trinajstić information content (AvgIpc) is 2.13. The van der Waals surface area contributed by atoms with Gasteiger partial charge >= 0.3 is 0 Å². The molecule has 0 unspecified atom stereocenters. The Kier molecular flexibility index (Phi) is 2.33. The van der Waals surface area contributed by atoms with Crippen LogP contribution in [0.1, 0.15) is 5.56 Å². The first-order chi connectivity index (χ1) is 6.79. The Morgan fingerprint density at radius 2 is 2.29 bits per heavy atom. The number of halogens is 1. The highest BCUT2D eigenvalue weighted by molar-refractivity contribution is 5.36. The second-order valence-electron chi connectivity index (χ2n) is 3.16. The van der Waals surface area contributed by atoms with E-state index in [1.165, 1.54) is 12.1 Å². The molecule has 0 radical (unpaired) electrons. The van der Waals surface area contributed by atoms with E-state index in [4.69, 9.17) is 10.00 Å². The van der Waals surface area contributed by atoms with Crippen molar-refractivity contribution in [3.63, 3.8) is 0 Å². The number of nitrogens with one attached hydrogen (secondary N) is 1. The Balaban J connectivity index is 2.14. The van der Waals surface area contributed by atoms with Gasteiger partial charge in [0.2, 0.25) is 0 Å². The fourth-order valence-corrected chi connectivity index (χ4v) is 1.19. The van der Waals surface area contributed by atoms with Crippen molar-refractivity contribution in [3.8, 4) is 11.8 Å². The Hall–Kier alpha value is -1.60. The predicted octanol–water partition coefficient (Wildman–Crippen LogP) is 1.05. The van der Waals surface area contributed by atoms with Gasteiger partial charge < -0.3 is 10.1 Å². The number of nitrogens with zero attached hydrogens (tertiary/aromatic N) is 1. The van der Waals surface area contributed by atoms with Gasteiger partial charge in [0.25, 0.3) is 0 Å². The molecule has 0 amide bonds. The molecule has 0 atom stereocenters. The molecule has 14 heavy (non-hydrogen) atoms. The first-order valence-electron chi connectivity index (χ1n) is 4.36. The van der Waals surface area contributed by atoms with E-state index < -0.39 is 5.82 Å². The van der Waals surface area contributed by atoms with Crippen molar-refractivity contribution in [2.45, 2.75) is 6.10 Å². The zero-order chi connectivity index (χ0) is 9.97. The van der Waals surface area contributed by atoms with Gasteiger partial charge in [-0.25, -0.2) is 4.39 Å². The number of nitriles is 1. The van der Waals surface area contributed by atoms with Crippen LogP contribution in [-0.2, 0) is 0 Å². The molecule has 1 saturated heterocycles. The van der Waals surface area contributed by atoms with Crippen molar-refractivity contribution in [2.24, 2.45) is 0 Å². The third kappa shape index (κ3) is 1.68. The zero-order valence-electron chi connectivity index (χ0n) is 7.46. The smallest absolute Gasteiger partial charge is 0.166 e. The predicted molar refractivity (Wildman–Crippen MR) is 48.4 cm³/mol. The molecule has 1 heterocycles. The lowest BCUT2D eigenvalue weighted by molar-refractivity contribution is 0.136. The van der Waals surface area contributed by atoms with Crippen molar-refractivity contribution < 1.29 is 9.13 Å². The van der Waals surface area contributed by atoms with Crippen molar-refractivity contribution in [3.05, 3.63) is 29.6 Å². The highest BCUT2D eigenvalue weighted by atomic mass is 19.1. The maximum absolute atomic E-state index is 13.3. The van der Waals surface area contributed by atoms with Crippen LogP contribution in [-0.4, -0.2) is 19.2 Å². The van der Waals surface area contributed by atoms with Crippen molar-refractivity contribution >= 4 is 0 Å². The minimum absolute atomic E-state index is 0.0532. The molecule has 0 saturated carbocycles. The average molecular weight is 192 g/mol. The van der Waals surface area contributed by atoms with E-state index in [2.05, 4.69) is 5.32 Å². The SMILES string of the molecule is N#Cc1ccc(OC2CNC2)c(F)c1. The van der Waals surface area contributed by atoms with E-state index in [1.54, 1.807) is 6.07 Å². The van der Waals surface area contributed by atoms with E-state index in [1.807, 2.05) is 6.07 Å². The molecule has 0 spiro atoms. The molecule has 1 N–H and O–H groups in total. The van der Waals surface area contributed by atoms with Crippen LogP contribution in [0.4, 0.5) is 4.39 Å². The Morgan fingerprint density at radius 1 is 1.50 bits per heavy atom. The van der Waals surface area contributed by atoms with Crippen LogP contribution >= 0.6 is 0 Å². The highest BCUT2D eigenvalue weighted by Gasteiger charge is 2.19. The lowest BCUT2D eigenvalue weighted by atomic mass is 10.2. The van der Waals surface area contributed by atoms with Crippen LogP contribution in [0.25, 0.3) is 0 Å². The lowest BCUT2D eigenvalue weighted by Gasteiger charge is -2.27. The summed E-state index contributed by atoms with van der Waals surface area (Å²) in [5.74, 6) is -0.258. The molecule has 1 aliphatic rings. The van der Waals surface area contributed by atoms with E-state index in [-0.39, 0.29) is 11.9 Å². The minimum atomic E-state index is -0.476. The minimum Gasteiger partial charge on any atom is -0.485 e. The summed E-state index contributed by atoms with van der Waals surface area (Å²) in [5.41, 5.74) is 0.307. The van der Waals surface area contributed by atoms with Crippen LogP contribution in [0.3, 0.4) is 0 Å². The summed E-state index contributed by atoms with van der Waals surface area (Å²) in [6.07, 6.45) is 0.0532. The topological polar surface area (TPSA) is 45.0 Å². The van der Waals surface area contributed by atoms with E-state index >= 15 is 0 Å². The normalized spacial score (nSPS) is 15.7. The molecule has 4 heteroatoms. The maximum Gasteiger partial charge on any atom is 0.166 e. The molecule has 1 fully saturated rings. The number of hydrogen-bond acceptors (Lipinski definition) is 3. The van der Waals surface area contributed by atoms with Crippen LogP contribution in [0.2, 0.25) is 0 Å². The van der Waals surface area contributed by atoms with Gasteiger partial charge in [-0.2, -0.15) is 5.26 Å². The number of hydrogen-bond donors (Lipinski definition) is 1. The monoisotopic (exact) mass is 192 g/mol. The van der Waals surface area contributed by atoms with Gasteiger partial charge in [-0.15, -0.1) is 0 Å². The Bertz CT molecular complexity index is 382. The maximum atomic E-state index is 13.3. The zero-order valence-corrected chi connectivity index (χ0v) is 7.46. The van der Waals surface area contributed by atoms with Gasteiger partial charge in [-0.05, 0) is 18.2 Å². The second-order valence-corrected chi connectivity index (χ2v) is 3.16. The van der Waals surface area contributed by atoms with Crippen LogP contribution in [0.5, 0.6) is 5.75 Å². The second kappa shape index (κ2) is 3.64. The van der Waals surface area contributed by atoms with Gasteiger partial charge in [-0.3, -0.25) is 0 Å². The molecular formula is C10H9FN2O. The molecule has 0 bridgehead atoms.